The molecular formula is C22H22ClFN2O2S. The van der Waals surface area contributed by atoms with Crippen molar-refractivity contribution in [1.29, 1.82) is 0 Å². The molecule has 4 nitrogen and oxygen atoms in total. The van der Waals surface area contributed by atoms with Gasteiger partial charge in [0.1, 0.15) is 10.4 Å². The molecule has 0 amide bonds. The smallest absolute Gasteiger partial charge is 0.266 e. The highest BCUT2D eigenvalue weighted by molar-refractivity contribution is 7.17. The lowest BCUT2D eigenvalue weighted by Crippen LogP contribution is -2.16. The van der Waals surface area contributed by atoms with E-state index in [1.807, 2.05) is 37.7 Å². The Morgan fingerprint density at radius 1 is 1.17 bits per heavy atom. The molecule has 152 valence electrons. The molecule has 0 radical (unpaired) electrons. The molecule has 0 saturated carbocycles. The predicted octanol–water partition coefficient (Wildman–Crippen LogP) is 5.60. The molecule has 29 heavy (non-hydrogen) atoms. The molecule has 0 spiro atoms. The number of aromatic amines is 1. The summed E-state index contributed by atoms with van der Waals surface area (Å²) in [6.07, 6.45) is 0. The first-order chi connectivity index (χ1) is 13.4. The van der Waals surface area contributed by atoms with E-state index in [1.54, 1.807) is 0 Å². The van der Waals surface area contributed by atoms with Crippen molar-refractivity contribution in [3.63, 3.8) is 0 Å². The number of benzene rings is 2. The number of H-pyrrole nitrogens is 1. The Morgan fingerprint density at radius 2 is 1.86 bits per heavy atom. The molecule has 2 aromatic carbocycles. The van der Waals surface area contributed by atoms with E-state index in [0.717, 1.165) is 16.5 Å². The van der Waals surface area contributed by atoms with Crippen LogP contribution in [-0.2, 0) is 0 Å². The third kappa shape index (κ3) is 3.52. The van der Waals surface area contributed by atoms with Crippen LogP contribution in [0.2, 0.25) is 0 Å². The normalized spacial score (nSPS) is 12.3. The van der Waals surface area contributed by atoms with Crippen molar-refractivity contribution in [2.24, 2.45) is 0 Å². The molecule has 0 aliphatic heterocycles. The maximum absolute atomic E-state index is 14.8. The number of rotatable bonds is 4. The van der Waals surface area contributed by atoms with Gasteiger partial charge in [0.15, 0.2) is 5.82 Å². The van der Waals surface area contributed by atoms with Gasteiger partial charge in [-0.2, -0.15) is 0 Å². The topological polar surface area (TPSA) is 45.3 Å². The SMILES string of the molecule is COc1cc(F)c2[nH]c(=O)c3sccc3c2c1-c1ccc(C(C)N(C)C)cc1.Cl. The van der Waals surface area contributed by atoms with E-state index in [0.29, 0.717) is 15.8 Å². The molecule has 0 fully saturated rings. The van der Waals surface area contributed by atoms with Gasteiger partial charge in [0.2, 0.25) is 0 Å². The average molecular weight is 433 g/mol. The van der Waals surface area contributed by atoms with E-state index in [9.17, 15) is 9.18 Å². The molecule has 1 N–H and O–H groups in total. The van der Waals surface area contributed by atoms with Crippen molar-refractivity contribution in [1.82, 2.24) is 9.88 Å². The van der Waals surface area contributed by atoms with Crippen molar-refractivity contribution in [3.05, 3.63) is 63.5 Å². The van der Waals surface area contributed by atoms with Crippen molar-refractivity contribution in [2.45, 2.75) is 13.0 Å². The summed E-state index contributed by atoms with van der Waals surface area (Å²) in [6.45, 7) is 2.14. The predicted molar refractivity (Wildman–Crippen MR) is 121 cm³/mol. The Balaban J connectivity index is 0.00000240. The molecule has 4 aromatic rings. The molecule has 4 rings (SSSR count). The van der Waals surface area contributed by atoms with Gasteiger partial charge in [-0.15, -0.1) is 23.7 Å². The Hall–Kier alpha value is -2.41. The van der Waals surface area contributed by atoms with Crippen molar-refractivity contribution in [2.75, 3.05) is 21.2 Å². The van der Waals surface area contributed by atoms with Crippen molar-refractivity contribution < 1.29 is 9.13 Å². The number of nitrogens with one attached hydrogen (secondary N) is 1. The number of thiophene rings is 1. The molecule has 0 aliphatic rings. The number of hydrogen-bond donors (Lipinski definition) is 1. The zero-order valence-electron chi connectivity index (χ0n) is 16.6. The fourth-order valence-electron chi connectivity index (χ4n) is 3.54. The summed E-state index contributed by atoms with van der Waals surface area (Å²) in [6, 6.07) is 11.7. The van der Waals surface area contributed by atoms with Crippen LogP contribution in [0.15, 0.2) is 46.6 Å². The van der Waals surface area contributed by atoms with Crippen LogP contribution >= 0.6 is 23.7 Å². The molecule has 2 aromatic heterocycles. The van der Waals surface area contributed by atoms with Crippen LogP contribution in [0.1, 0.15) is 18.5 Å². The highest BCUT2D eigenvalue weighted by Crippen LogP contribution is 2.41. The minimum atomic E-state index is -0.501. The molecule has 0 saturated heterocycles. The summed E-state index contributed by atoms with van der Waals surface area (Å²) in [4.78, 5) is 17.2. The summed E-state index contributed by atoms with van der Waals surface area (Å²) >= 11 is 1.35. The van der Waals surface area contributed by atoms with Crippen LogP contribution in [0.4, 0.5) is 4.39 Å². The summed E-state index contributed by atoms with van der Waals surface area (Å²) in [5.74, 6) is -0.0587. The third-order valence-electron chi connectivity index (χ3n) is 5.30. The highest BCUT2D eigenvalue weighted by Gasteiger charge is 2.20. The number of halogens is 2. The molecule has 2 heterocycles. The zero-order valence-corrected chi connectivity index (χ0v) is 18.2. The van der Waals surface area contributed by atoms with Gasteiger partial charge in [0.05, 0.1) is 12.6 Å². The second-order valence-corrected chi connectivity index (χ2v) is 7.98. The van der Waals surface area contributed by atoms with Gasteiger partial charge in [-0.25, -0.2) is 4.39 Å². The standard InChI is InChI=1S/C22H21FN2O2S.ClH/c1-12(25(2)3)13-5-7-14(8-6-13)18-17(27-4)11-16(23)20-19(18)15-9-10-28-21(15)22(26)24-20;/h5-12H,1-4H3,(H,24,26);1H. The van der Waals surface area contributed by atoms with Crippen LogP contribution in [0, 0.1) is 5.82 Å². The van der Waals surface area contributed by atoms with Gasteiger partial charge < -0.3 is 14.6 Å². The molecular weight excluding hydrogens is 411 g/mol. The maximum Gasteiger partial charge on any atom is 0.266 e. The number of fused-ring (bicyclic) bond motifs is 3. The quantitative estimate of drug-likeness (QED) is 0.456. The van der Waals surface area contributed by atoms with Gasteiger partial charge in [0, 0.05) is 28.4 Å². The molecule has 1 unspecified atom stereocenters. The van der Waals surface area contributed by atoms with E-state index in [-0.39, 0.29) is 29.5 Å². The fourth-order valence-corrected chi connectivity index (χ4v) is 4.34. The van der Waals surface area contributed by atoms with E-state index < -0.39 is 5.82 Å². The summed E-state index contributed by atoms with van der Waals surface area (Å²) in [5, 5.41) is 3.26. The number of methoxy groups -OCH3 is 1. The summed E-state index contributed by atoms with van der Waals surface area (Å²) < 4.78 is 20.9. The molecule has 0 aliphatic carbocycles. The molecule has 1 atom stereocenters. The summed E-state index contributed by atoms with van der Waals surface area (Å²) in [5.41, 5.74) is 2.81. The van der Waals surface area contributed by atoms with Gasteiger partial charge in [0.25, 0.3) is 5.56 Å². The first kappa shape index (κ1) is 21.3. The van der Waals surface area contributed by atoms with Gasteiger partial charge in [-0.3, -0.25) is 4.79 Å². The Morgan fingerprint density at radius 3 is 2.48 bits per heavy atom. The van der Waals surface area contributed by atoms with Crippen LogP contribution in [0.5, 0.6) is 5.75 Å². The van der Waals surface area contributed by atoms with E-state index in [1.165, 1.54) is 30.1 Å². The molecule has 0 bridgehead atoms. The lowest BCUT2D eigenvalue weighted by molar-refractivity contribution is 0.321. The monoisotopic (exact) mass is 432 g/mol. The van der Waals surface area contributed by atoms with Crippen molar-refractivity contribution in [3.8, 4) is 16.9 Å². The number of hydrogen-bond acceptors (Lipinski definition) is 4. The minimum Gasteiger partial charge on any atom is -0.496 e. The molecule has 7 heteroatoms. The zero-order chi connectivity index (χ0) is 20.0. The number of ether oxygens (including phenoxy) is 1. The minimum absolute atomic E-state index is 0. The lowest BCUT2D eigenvalue weighted by atomic mass is 9.95. The van der Waals surface area contributed by atoms with E-state index in [2.05, 4.69) is 28.9 Å². The Kier molecular flexibility index (Phi) is 5.98. The first-order valence-corrected chi connectivity index (χ1v) is 9.86. The number of aromatic nitrogens is 1. The second-order valence-electron chi connectivity index (χ2n) is 7.06. The van der Waals surface area contributed by atoms with Crippen LogP contribution in [-0.4, -0.2) is 31.1 Å². The Bertz CT molecular complexity index is 1230. The van der Waals surface area contributed by atoms with Gasteiger partial charge in [-0.05, 0) is 43.6 Å². The Labute approximate surface area is 178 Å². The van der Waals surface area contributed by atoms with E-state index in [4.69, 9.17) is 4.74 Å². The van der Waals surface area contributed by atoms with Crippen LogP contribution < -0.4 is 10.3 Å². The maximum atomic E-state index is 14.8. The summed E-state index contributed by atoms with van der Waals surface area (Å²) in [7, 11) is 5.61. The largest absolute Gasteiger partial charge is 0.496 e. The fraction of sp³-hybridized carbons (Fsp3) is 0.227. The third-order valence-corrected chi connectivity index (χ3v) is 6.21. The van der Waals surface area contributed by atoms with Crippen molar-refractivity contribution >= 4 is 44.7 Å². The van der Waals surface area contributed by atoms with Gasteiger partial charge in [-0.1, -0.05) is 24.3 Å². The average Bonchev–Trinajstić information content (AvgIpc) is 3.18. The number of pyridine rings is 1. The first-order valence-electron chi connectivity index (χ1n) is 8.98. The lowest BCUT2D eigenvalue weighted by Gasteiger charge is -2.21. The number of nitrogens with zero attached hydrogens (tertiary/aromatic N) is 1. The van der Waals surface area contributed by atoms with E-state index >= 15 is 0 Å². The highest BCUT2D eigenvalue weighted by atomic mass is 35.5. The van der Waals surface area contributed by atoms with Crippen LogP contribution in [0.25, 0.3) is 32.1 Å². The second kappa shape index (κ2) is 8.14. The van der Waals surface area contributed by atoms with Crippen LogP contribution in [0.3, 0.4) is 0 Å². The van der Waals surface area contributed by atoms with Gasteiger partial charge >= 0.3 is 0 Å².